The lowest BCUT2D eigenvalue weighted by molar-refractivity contribution is -0.138. The Balaban J connectivity index is 1.27. The van der Waals surface area contributed by atoms with Crippen LogP contribution in [0.2, 0.25) is 0 Å². The Morgan fingerprint density at radius 3 is 2.59 bits per heavy atom. The smallest absolute Gasteiger partial charge is 0.240 e. The SMILES string of the molecule is Cc1nc(NC(=O)CN2CCCC(C(=O)N3CCN(c4ccccc4F)CC3)C2)sc1C. The summed E-state index contributed by atoms with van der Waals surface area (Å²) in [6.07, 6.45) is 1.74. The van der Waals surface area contributed by atoms with Crippen molar-refractivity contribution in [3.05, 3.63) is 40.7 Å². The first-order chi connectivity index (χ1) is 15.4. The van der Waals surface area contributed by atoms with E-state index in [1.54, 1.807) is 12.1 Å². The van der Waals surface area contributed by atoms with Crippen LogP contribution in [0.15, 0.2) is 24.3 Å². The highest BCUT2D eigenvalue weighted by atomic mass is 32.1. The van der Waals surface area contributed by atoms with Crippen molar-refractivity contribution < 1.29 is 14.0 Å². The van der Waals surface area contributed by atoms with Crippen molar-refractivity contribution in [1.82, 2.24) is 14.8 Å². The van der Waals surface area contributed by atoms with Gasteiger partial charge < -0.3 is 15.1 Å². The van der Waals surface area contributed by atoms with Crippen LogP contribution in [0.3, 0.4) is 0 Å². The van der Waals surface area contributed by atoms with Crippen LogP contribution in [-0.4, -0.2) is 72.4 Å². The fourth-order valence-electron chi connectivity index (χ4n) is 4.42. The van der Waals surface area contributed by atoms with E-state index in [4.69, 9.17) is 0 Å². The number of benzene rings is 1. The highest BCUT2D eigenvalue weighted by Crippen LogP contribution is 2.24. The minimum absolute atomic E-state index is 0.0923. The molecule has 1 unspecified atom stereocenters. The Labute approximate surface area is 192 Å². The molecule has 32 heavy (non-hydrogen) atoms. The molecule has 1 atom stereocenters. The second kappa shape index (κ2) is 9.95. The lowest BCUT2D eigenvalue weighted by Gasteiger charge is -2.39. The van der Waals surface area contributed by atoms with Crippen LogP contribution in [0.1, 0.15) is 23.4 Å². The van der Waals surface area contributed by atoms with Crippen LogP contribution in [0.25, 0.3) is 0 Å². The summed E-state index contributed by atoms with van der Waals surface area (Å²) in [6.45, 7) is 8.01. The van der Waals surface area contributed by atoms with Gasteiger partial charge in [0.15, 0.2) is 5.13 Å². The normalized spacial score (nSPS) is 19.8. The number of para-hydroxylation sites is 1. The number of likely N-dealkylation sites (tertiary alicyclic amines) is 1. The van der Waals surface area contributed by atoms with E-state index in [0.29, 0.717) is 43.5 Å². The predicted molar refractivity (Wildman–Crippen MR) is 125 cm³/mol. The van der Waals surface area contributed by atoms with Crippen LogP contribution in [-0.2, 0) is 9.59 Å². The molecule has 0 aliphatic carbocycles. The van der Waals surface area contributed by atoms with Crippen molar-refractivity contribution in [2.75, 3.05) is 56.0 Å². The van der Waals surface area contributed by atoms with Crippen molar-refractivity contribution in [3.63, 3.8) is 0 Å². The molecule has 2 aliphatic heterocycles. The predicted octanol–water partition coefficient (Wildman–Crippen LogP) is 2.90. The van der Waals surface area contributed by atoms with Crippen LogP contribution < -0.4 is 10.2 Å². The molecule has 1 aromatic carbocycles. The van der Waals surface area contributed by atoms with Crippen LogP contribution >= 0.6 is 11.3 Å². The maximum atomic E-state index is 14.1. The third kappa shape index (κ3) is 5.27. The number of aryl methyl sites for hydroxylation is 2. The summed E-state index contributed by atoms with van der Waals surface area (Å²) >= 11 is 1.48. The molecular formula is C23H30FN5O2S. The number of nitrogens with one attached hydrogen (secondary N) is 1. The number of hydrogen-bond donors (Lipinski definition) is 1. The lowest BCUT2D eigenvalue weighted by Crippen LogP contribution is -2.53. The lowest BCUT2D eigenvalue weighted by atomic mass is 9.96. The third-order valence-electron chi connectivity index (χ3n) is 6.28. The number of aromatic nitrogens is 1. The maximum Gasteiger partial charge on any atom is 0.240 e. The molecule has 2 amide bonds. The van der Waals surface area contributed by atoms with E-state index in [1.165, 1.54) is 17.4 Å². The molecule has 2 aliphatic rings. The summed E-state index contributed by atoms with van der Waals surface area (Å²) in [5.41, 5.74) is 1.53. The molecular weight excluding hydrogens is 429 g/mol. The van der Waals surface area contributed by atoms with E-state index in [0.717, 1.165) is 30.0 Å². The van der Waals surface area contributed by atoms with Crippen LogP contribution in [0.4, 0.5) is 15.2 Å². The Kier molecular flexibility index (Phi) is 7.05. The van der Waals surface area contributed by atoms with Gasteiger partial charge in [0.1, 0.15) is 5.82 Å². The minimum Gasteiger partial charge on any atom is -0.366 e. The molecule has 2 fully saturated rings. The summed E-state index contributed by atoms with van der Waals surface area (Å²) in [6, 6.07) is 6.77. The number of carbonyl (C=O) groups is 2. The summed E-state index contributed by atoms with van der Waals surface area (Å²) in [5.74, 6) is -0.266. The van der Waals surface area contributed by atoms with E-state index >= 15 is 0 Å². The number of amides is 2. The number of rotatable bonds is 5. The standard InChI is InChI=1S/C23H30FN5O2S/c1-16-17(2)32-23(25-16)26-21(30)15-27-9-5-6-18(14-27)22(31)29-12-10-28(11-13-29)20-8-4-3-7-19(20)24/h3-4,7-8,18H,5-6,9-15H2,1-2H3,(H,25,26,30). The Morgan fingerprint density at radius 2 is 1.91 bits per heavy atom. The molecule has 3 heterocycles. The number of hydrogen-bond acceptors (Lipinski definition) is 6. The van der Waals surface area contributed by atoms with Crippen LogP contribution in [0.5, 0.6) is 0 Å². The average molecular weight is 460 g/mol. The van der Waals surface area contributed by atoms with Gasteiger partial charge >= 0.3 is 0 Å². The fraction of sp³-hybridized carbons (Fsp3) is 0.522. The molecule has 0 spiro atoms. The van der Waals surface area contributed by atoms with Gasteiger partial charge in [-0.2, -0.15) is 0 Å². The first-order valence-electron chi connectivity index (χ1n) is 11.1. The van der Waals surface area contributed by atoms with Gasteiger partial charge in [-0.3, -0.25) is 14.5 Å². The maximum absolute atomic E-state index is 14.1. The van der Waals surface area contributed by atoms with Gasteiger partial charge in [0.25, 0.3) is 0 Å². The van der Waals surface area contributed by atoms with E-state index in [2.05, 4.69) is 15.2 Å². The summed E-state index contributed by atoms with van der Waals surface area (Å²) in [7, 11) is 0. The number of piperazine rings is 1. The molecule has 7 nitrogen and oxygen atoms in total. The van der Waals surface area contributed by atoms with Gasteiger partial charge in [-0.1, -0.05) is 12.1 Å². The van der Waals surface area contributed by atoms with E-state index in [1.807, 2.05) is 29.7 Å². The van der Waals surface area contributed by atoms with Crippen molar-refractivity contribution in [2.45, 2.75) is 26.7 Å². The molecule has 9 heteroatoms. The van der Waals surface area contributed by atoms with Gasteiger partial charge in [0.05, 0.1) is 23.8 Å². The topological polar surface area (TPSA) is 68.8 Å². The number of nitrogens with zero attached hydrogens (tertiary/aromatic N) is 4. The molecule has 0 bridgehead atoms. The quantitative estimate of drug-likeness (QED) is 0.745. The molecule has 2 saturated heterocycles. The Morgan fingerprint density at radius 1 is 1.16 bits per heavy atom. The van der Waals surface area contributed by atoms with Gasteiger partial charge in [0.2, 0.25) is 11.8 Å². The van der Waals surface area contributed by atoms with E-state index in [-0.39, 0.29) is 30.1 Å². The largest absolute Gasteiger partial charge is 0.366 e. The molecule has 0 saturated carbocycles. The number of thiazole rings is 1. The molecule has 0 radical (unpaired) electrons. The molecule has 4 rings (SSSR count). The van der Waals surface area contributed by atoms with Crippen molar-refractivity contribution >= 4 is 34.0 Å². The molecule has 1 N–H and O–H groups in total. The summed E-state index contributed by atoms with van der Waals surface area (Å²) in [5, 5.41) is 3.51. The second-order valence-electron chi connectivity index (χ2n) is 8.55. The highest BCUT2D eigenvalue weighted by Gasteiger charge is 2.32. The highest BCUT2D eigenvalue weighted by molar-refractivity contribution is 7.15. The minimum atomic E-state index is -0.225. The number of carbonyl (C=O) groups excluding carboxylic acids is 2. The zero-order valence-electron chi connectivity index (χ0n) is 18.6. The van der Waals surface area contributed by atoms with Gasteiger partial charge in [-0.25, -0.2) is 9.37 Å². The second-order valence-corrected chi connectivity index (χ2v) is 9.75. The van der Waals surface area contributed by atoms with Crippen molar-refractivity contribution in [3.8, 4) is 0 Å². The third-order valence-corrected chi connectivity index (χ3v) is 7.27. The number of halogens is 1. The van der Waals surface area contributed by atoms with E-state index < -0.39 is 0 Å². The molecule has 172 valence electrons. The zero-order valence-corrected chi connectivity index (χ0v) is 19.5. The van der Waals surface area contributed by atoms with E-state index in [9.17, 15) is 14.0 Å². The molecule has 2 aromatic rings. The van der Waals surface area contributed by atoms with Crippen molar-refractivity contribution in [1.29, 1.82) is 0 Å². The molecule has 1 aromatic heterocycles. The van der Waals surface area contributed by atoms with Crippen molar-refractivity contribution in [2.24, 2.45) is 5.92 Å². The Bertz CT molecular complexity index is 954. The van der Waals surface area contributed by atoms with Crippen LogP contribution in [0, 0.1) is 25.6 Å². The summed E-state index contributed by atoms with van der Waals surface area (Å²) in [4.78, 5) is 37.0. The van der Waals surface area contributed by atoms with Gasteiger partial charge in [-0.15, -0.1) is 11.3 Å². The summed E-state index contributed by atoms with van der Waals surface area (Å²) < 4.78 is 14.1. The number of piperidine rings is 1. The Hall–Kier alpha value is -2.52. The first-order valence-corrected chi connectivity index (χ1v) is 12.0. The average Bonchev–Trinajstić information content (AvgIpc) is 3.10. The zero-order chi connectivity index (χ0) is 22.7. The van der Waals surface area contributed by atoms with Gasteiger partial charge in [0, 0.05) is 37.6 Å². The monoisotopic (exact) mass is 459 g/mol. The van der Waals surface area contributed by atoms with Gasteiger partial charge in [-0.05, 0) is 45.4 Å². The fourth-order valence-corrected chi connectivity index (χ4v) is 5.25. The number of anilines is 2. The first kappa shape index (κ1) is 22.7.